The predicted octanol–water partition coefficient (Wildman–Crippen LogP) is 2.31. The number of methoxy groups -OCH3 is 1. The highest BCUT2D eigenvalue weighted by molar-refractivity contribution is 9.10. The van der Waals surface area contributed by atoms with E-state index in [0.717, 1.165) is 10.2 Å². The molecule has 1 rings (SSSR count). The molecule has 0 aliphatic rings. The summed E-state index contributed by atoms with van der Waals surface area (Å²) >= 11 is 3.40. The lowest BCUT2D eigenvalue weighted by molar-refractivity contribution is 0.199. The molecule has 1 aromatic rings. The van der Waals surface area contributed by atoms with E-state index in [9.17, 15) is 8.42 Å². The van der Waals surface area contributed by atoms with Crippen molar-refractivity contribution < 1.29 is 13.2 Å². The molecule has 4 nitrogen and oxygen atoms in total. The summed E-state index contributed by atoms with van der Waals surface area (Å²) < 4.78 is 29.1. The highest BCUT2D eigenvalue weighted by atomic mass is 79.9. The molecule has 0 unspecified atom stereocenters. The number of halogens is 1. The van der Waals surface area contributed by atoms with E-state index in [2.05, 4.69) is 21.2 Å². The highest BCUT2D eigenvalue weighted by Crippen LogP contribution is 2.20. The Bertz CT molecular complexity index is 462. The van der Waals surface area contributed by atoms with Crippen LogP contribution in [0.4, 0.5) is 5.69 Å². The number of sulfone groups is 1. The largest absolute Gasteiger partial charge is 0.385 e. The van der Waals surface area contributed by atoms with E-state index in [1.807, 2.05) is 24.3 Å². The normalized spacial score (nSPS) is 11.4. The van der Waals surface area contributed by atoms with E-state index in [1.165, 1.54) is 0 Å². The molecule has 102 valence electrons. The van der Waals surface area contributed by atoms with Crippen LogP contribution in [0.3, 0.4) is 0 Å². The lowest BCUT2D eigenvalue weighted by Crippen LogP contribution is -2.19. The van der Waals surface area contributed by atoms with E-state index in [-0.39, 0.29) is 11.5 Å². The van der Waals surface area contributed by atoms with Gasteiger partial charge < -0.3 is 10.1 Å². The van der Waals surface area contributed by atoms with E-state index in [4.69, 9.17) is 4.74 Å². The summed E-state index contributed by atoms with van der Waals surface area (Å²) in [5.41, 5.74) is 0.907. The molecule has 6 heteroatoms. The minimum Gasteiger partial charge on any atom is -0.385 e. The number of benzene rings is 1. The quantitative estimate of drug-likeness (QED) is 0.740. The van der Waals surface area contributed by atoms with Crippen LogP contribution >= 0.6 is 15.9 Å². The van der Waals surface area contributed by atoms with Crippen LogP contribution < -0.4 is 5.32 Å². The topological polar surface area (TPSA) is 55.4 Å². The number of hydrogen-bond acceptors (Lipinski definition) is 4. The number of hydrogen-bond donors (Lipinski definition) is 1. The first kappa shape index (κ1) is 15.5. The molecule has 0 atom stereocenters. The Kier molecular flexibility index (Phi) is 6.67. The standard InChI is InChI=1S/C12H18BrNO3S/c1-17-8-4-9-18(15,16)10-7-14-12-6-3-2-5-11(12)13/h2-3,5-6,14H,4,7-10H2,1H3. The summed E-state index contributed by atoms with van der Waals surface area (Å²) in [6, 6.07) is 7.63. The number of para-hydroxylation sites is 1. The summed E-state index contributed by atoms with van der Waals surface area (Å²) in [6.07, 6.45) is 0.549. The van der Waals surface area contributed by atoms with Crippen molar-refractivity contribution in [1.29, 1.82) is 0 Å². The maximum Gasteiger partial charge on any atom is 0.152 e. The van der Waals surface area contributed by atoms with Gasteiger partial charge in [0, 0.05) is 30.4 Å². The number of nitrogens with one attached hydrogen (secondary N) is 1. The summed E-state index contributed by atoms with van der Waals surface area (Å²) in [4.78, 5) is 0. The van der Waals surface area contributed by atoms with Crippen LogP contribution in [0.15, 0.2) is 28.7 Å². The maximum atomic E-state index is 11.7. The fourth-order valence-electron chi connectivity index (χ4n) is 1.47. The molecule has 1 N–H and O–H groups in total. The Morgan fingerprint density at radius 3 is 2.67 bits per heavy atom. The fourth-order valence-corrected chi connectivity index (χ4v) is 3.07. The molecule has 0 aliphatic carbocycles. The Labute approximate surface area is 117 Å². The van der Waals surface area contributed by atoms with Crippen molar-refractivity contribution in [2.45, 2.75) is 6.42 Å². The van der Waals surface area contributed by atoms with Gasteiger partial charge in [0.1, 0.15) is 0 Å². The first-order valence-electron chi connectivity index (χ1n) is 5.73. The molecule has 0 heterocycles. The van der Waals surface area contributed by atoms with Gasteiger partial charge in [0.15, 0.2) is 9.84 Å². The molecular formula is C12H18BrNO3S. The Morgan fingerprint density at radius 2 is 2.00 bits per heavy atom. The third-order valence-corrected chi connectivity index (χ3v) is 4.83. The highest BCUT2D eigenvalue weighted by Gasteiger charge is 2.10. The summed E-state index contributed by atoms with van der Waals surface area (Å²) in [7, 11) is -1.42. The third kappa shape index (κ3) is 5.84. The smallest absolute Gasteiger partial charge is 0.152 e. The van der Waals surface area contributed by atoms with Crippen molar-refractivity contribution in [3.8, 4) is 0 Å². The maximum absolute atomic E-state index is 11.7. The SMILES string of the molecule is COCCCS(=O)(=O)CCNc1ccccc1Br. The second kappa shape index (κ2) is 7.76. The third-order valence-electron chi connectivity index (χ3n) is 2.41. The van der Waals surface area contributed by atoms with Crippen LogP contribution in [-0.4, -0.2) is 40.2 Å². The molecule has 0 radical (unpaired) electrons. The number of rotatable bonds is 8. The zero-order valence-electron chi connectivity index (χ0n) is 10.4. The first-order valence-corrected chi connectivity index (χ1v) is 8.34. The fraction of sp³-hybridized carbons (Fsp3) is 0.500. The van der Waals surface area contributed by atoms with Gasteiger partial charge in [0.05, 0.1) is 11.5 Å². The van der Waals surface area contributed by atoms with Crippen LogP contribution in [0.5, 0.6) is 0 Å². The zero-order valence-corrected chi connectivity index (χ0v) is 12.8. The van der Waals surface area contributed by atoms with E-state index in [1.54, 1.807) is 7.11 Å². The van der Waals surface area contributed by atoms with Crippen molar-refractivity contribution in [1.82, 2.24) is 0 Å². The lowest BCUT2D eigenvalue weighted by atomic mass is 10.3. The van der Waals surface area contributed by atoms with Gasteiger partial charge in [-0.2, -0.15) is 0 Å². The van der Waals surface area contributed by atoms with Gasteiger partial charge in [0.25, 0.3) is 0 Å². The van der Waals surface area contributed by atoms with Gasteiger partial charge in [-0.15, -0.1) is 0 Å². The van der Waals surface area contributed by atoms with Gasteiger partial charge in [0.2, 0.25) is 0 Å². The van der Waals surface area contributed by atoms with Crippen molar-refractivity contribution in [3.63, 3.8) is 0 Å². The molecular weight excluding hydrogens is 318 g/mol. The van der Waals surface area contributed by atoms with Gasteiger partial charge in [-0.3, -0.25) is 0 Å². The zero-order chi connectivity index (χ0) is 13.4. The Hall–Kier alpha value is -0.590. The number of ether oxygens (including phenoxy) is 1. The van der Waals surface area contributed by atoms with Gasteiger partial charge in [-0.25, -0.2) is 8.42 Å². The molecule has 1 aromatic carbocycles. The molecule has 0 saturated heterocycles. The van der Waals surface area contributed by atoms with Gasteiger partial charge in [-0.1, -0.05) is 12.1 Å². The predicted molar refractivity (Wildman–Crippen MR) is 77.8 cm³/mol. The van der Waals surface area contributed by atoms with E-state index in [0.29, 0.717) is 19.6 Å². The Balaban J connectivity index is 2.35. The van der Waals surface area contributed by atoms with Crippen LogP contribution in [-0.2, 0) is 14.6 Å². The van der Waals surface area contributed by atoms with Crippen molar-refractivity contribution in [2.24, 2.45) is 0 Å². The first-order chi connectivity index (χ1) is 8.55. The average Bonchev–Trinajstić information content (AvgIpc) is 2.32. The lowest BCUT2D eigenvalue weighted by Gasteiger charge is -2.08. The van der Waals surface area contributed by atoms with Crippen LogP contribution in [0.1, 0.15) is 6.42 Å². The second-order valence-corrected chi connectivity index (χ2v) is 7.06. The number of anilines is 1. The summed E-state index contributed by atoms with van der Waals surface area (Å²) in [6.45, 7) is 0.898. The van der Waals surface area contributed by atoms with Gasteiger partial charge in [-0.05, 0) is 34.5 Å². The van der Waals surface area contributed by atoms with E-state index >= 15 is 0 Å². The van der Waals surface area contributed by atoms with Crippen molar-refractivity contribution >= 4 is 31.5 Å². The average molecular weight is 336 g/mol. The van der Waals surface area contributed by atoms with Crippen molar-refractivity contribution in [2.75, 3.05) is 37.1 Å². The molecule has 0 saturated carbocycles. The van der Waals surface area contributed by atoms with Crippen molar-refractivity contribution in [3.05, 3.63) is 28.7 Å². The Morgan fingerprint density at radius 1 is 1.28 bits per heavy atom. The molecule has 0 spiro atoms. The van der Waals surface area contributed by atoms with Crippen LogP contribution in [0.25, 0.3) is 0 Å². The van der Waals surface area contributed by atoms with Gasteiger partial charge >= 0.3 is 0 Å². The molecule has 0 aromatic heterocycles. The molecule has 18 heavy (non-hydrogen) atoms. The molecule has 0 amide bonds. The van der Waals surface area contributed by atoms with E-state index < -0.39 is 9.84 Å². The summed E-state index contributed by atoms with van der Waals surface area (Å²) in [5.74, 6) is 0.316. The molecule has 0 aliphatic heterocycles. The van der Waals surface area contributed by atoms with Crippen LogP contribution in [0.2, 0.25) is 0 Å². The summed E-state index contributed by atoms with van der Waals surface area (Å²) in [5, 5.41) is 3.10. The van der Waals surface area contributed by atoms with Crippen LogP contribution in [0, 0.1) is 0 Å². The monoisotopic (exact) mass is 335 g/mol. The molecule has 0 bridgehead atoms. The minimum absolute atomic E-state index is 0.137. The molecule has 0 fully saturated rings. The minimum atomic E-state index is -2.99. The second-order valence-electron chi connectivity index (χ2n) is 3.90.